The van der Waals surface area contributed by atoms with Crippen molar-refractivity contribution in [1.29, 1.82) is 0 Å². The molecule has 0 aliphatic rings. The van der Waals surface area contributed by atoms with Gasteiger partial charge in [0, 0.05) is 6.07 Å². The molecule has 0 fully saturated rings. The second-order valence-electron chi connectivity index (χ2n) is 6.09. The number of benzene rings is 2. The van der Waals surface area contributed by atoms with Crippen molar-refractivity contribution in [3.63, 3.8) is 0 Å². The van der Waals surface area contributed by atoms with E-state index in [1.54, 1.807) is 0 Å². The largest absolute Gasteiger partial charge is 0.494 e. The van der Waals surface area contributed by atoms with Crippen LogP contribution in [0.25, 0.3) is 0 Å². The minimum atomic E-state index is -1.19. The molecule has 11 nitrogen and oxygen atoms in total. The van der Waals surface area contributed by atoms with Crippen molar-refractivity contribution >= 4 is 23.3 Å². The molecule has 0 spiro atoms. The number of rotatable bonds is 9. The van der Waals surface area contributed by atoms with Gasteiger partial charge in [0.15, 0.2) is 17.6 Å². The van der Waals surface area contributed by atoms with Crippen LogP contribution in [0.15, 0.2) is 30.3 Å². The van der Waals surface area contributed by atoms with Crippen molar-refractivity contribution in [2.24, 2.45) is 0 Å². The van der Waals surface area contributed by atoms with Gasteiger partial charge >= 0.3 is 5.97 Å². The predicted octanol–water partition coefficient (Wildman–Crippen LogP) is 2.81. The molecule has 11 heteroatoms. The van der Waals surface area contributed by atoms with Crippen molar-refractivity contribution in [2.75, 3.05) is 33.8 Å². The monoisotopic (exact) mass is 434 g/mol. The minimum absolute atomic E-state index is 0.0852. The van der Waals surface area contributed by atoms with E-state index in [-0.39, 0.29) is 34.2 Å². The molecule has 0 unspecified atom stereocenters. The molecular formula is C20H22N2O9. The Hall–Kier alpha value is -4.02. The maximum Gasteiger partial charge on any atom is 0.339 e. The second kappa shape index (κ2) is 10.1. The number of hydrogen-bond acceptors (Lipinski definition) is 9. The van der Waals surface area contributed by atoms with Crippen molar-refractivity contribution in [1.82, 2.24) is 0 Å². The Labute approximate surface area is 178 Å². The van der Waals surface area contributed by atoms with Crippen LogP contribution in [0.2, 0.25) is 0 Å². The van der Waals surface area contributed by atoms with Crippen LogP contribution in [-0.2, 0) is 9.53 Å². The van der Waals surface area contributed by atoms with Gasteiger partial charge < -0.3 is 29.0 Å². The lowest BCUT2D eigenvalue weighted by Gasteiger charge is -2.17. The Morgan fingerprint density at radius 1 is 0.935 bits per heavy atom. The van der Waals surface area contributed by atoms with E-state index in [9.17, 15) is 19.7 Å². The average Bonchev–Trinajstić information content (AvgIpc) is 2.77. The Bertz CT molecular complexity index is 966. The lowest BCUT2D eigenvalue weighted by Crippen LogP contribution is -2.30. The first kappa shape index (κ1) is 23.3. The molecule has 1 amide bonds. The van der Waals surface area contributed by atoms with Gasteiger partial charge in [-0.15, -0.1) is 0 Å². The molecule has 1 atom stereocenters. The molecule has 0 aromatic heterocycles. The molecule has 1 N–H and O–H groups in total. The molecule has 0 aliphatic carbocycles. The number of nitro groups is 1. The maximum atomic E-state index is 12.5. The molecule has 0 saturated carbocycles. The van der Waals surface area contributed by atoms with E-state index in [0.717, 1.165) is 0 Å². The standard InChI is InChI=1S/C20H22N2O9/c1-11(19(23)21-14-7-6-13(22(25)26)10-15(14)27-2)31-20(24)12-8-16(28-3)18(30-5)17(9-12)29-4/h6-11H,1-5H3,(H,21,23)/t11-/m0/s1. The molecule has 31 heavy (non-hydrogen) atoms. The van der Waals surface area contributed by atoms with Crippen molar-refractivity contribution in [3.05, 3.63) is 46.0 Å². The molecule has 0 radical (unpaired) electrons. The fourth-order valence-corrected chi connectivity index (χ4v) is 2.61. The normalized spacial score (nSPS) is 11.1. The smallest absolute Gasteiger partial charge is 0.339 e. The summed E-state index contributed by atoms with van der Waals surface area (Å²) in [6.07, 6.45) is -1.19. The fraction of sp³-hybridized carbons (Fsp3) is 0.300. The Kier molecular flexibility index (Phi) is 7.61. The highest BCUT2D eigenvalue weighted by atomic mass is 16.6. The molecule has 0 aliphatic heterocycles. The first-order valence-corrected chi connectivity index (χ1v) is 8.90. The van der Waals surface area contributed by atoms with Crippen LogP contribution in [0.4, 0.5) is 11.4 Å². The van der Waals surface area contributed by atoms with Gasteiger partial charge in [-0.25, -0.2) is 4.79 Å². The number of hydrogen-bond donors (Lipinski definition) is 1. The van der Waals surface area contributed by atoms with Gasteiger partial charge in [0.25, 0.3) is 11.6 Å². The zero-order chi connectivity index (χ0) is 23.1. The van der Waals surface area contributed by atoms with Crippen LogP contribution in [0.1, 0.15) is 17.3 Å². The third-order valence-electron chi connectivity index (χ3n) is 4.21. The summed E-state index contributed by atoms with van der Waals surface area (Å²) in [4.78, 5) is 35.3. The fourth-order valence-electron chi connectivity index (χ4n) is 2.61. The van der Waals surface area contributed by atoms with Crippen molar-refractivity contribution in [3.8, 4) is 23.0 Å². The number of carbonyl (C=O) groups excluding carboxylic acids is 2. The minimum Gasteiger partial charge on any atom is -0.494 e. The first-order chi connectivity index (χ1) is 14.7. The van der Waals surface area contributed by atoms with Crippen LogP contribution < -0.4 is 24.3 Å². The predicted molar refractivity (Wildman–Crippen MR) is 109 cm³/mol. The maximum absolute atomic E-state index is 12.5. The number of anilines is 1. The highest BCUT2D eigenvalue weighted by Crippen LogP contribution is 2.38. The molecule has 2 aromatic rings. The van der Waals surface area contributed by atoms with E-state index in [0.29, 0.717) is 5.75 Å². The highest BCUT2D eigenvalue weighted by Gasteiger charge is 2.23. The molecule has 166 valence electrons. The summed E-state index contributed by atoms with van der Waals surface area (Å²) in [5, 5.41) is 13.4. The molecular weight excluding hydrogens is 412 g/mol. The SMILES string of the molecule is COc1cc([N+](=O)[O-])ccc1NC(=O)[C@H](C)OC(=O)c1cc(OC)c(OC)c(OC)c1. The Morgan fingerprint density at radius 3 is 2.00 bits per heavy atom. The summed E-state index contributed by atoms with van der Waals surface area (Å²) in [7, 11) is 5.54. The van der Waals surface area contributed by atoms with Gasteiger partial charge in [0.05, 0.1) is 50.7 Å². The lowest BCUT2D eigenvalue weighted by atomic mass is 10.2. The van der Waals surface area contributed by atoms with E-state index >= 15 is 0 Å². The van der Waals surface area contributed by atoms with Gasteiger partial charge in [0.1, 0.15) is 5.75 Å². The van der Waals surface area contributed by atoms with Crippen LogP contribution in [-0.4, -0.2) is 51.3 Å². The van der Waals surface area contributed by atoms with Crippen LogP contribution >= 0.6 is 0 Å². The molecule has 2 aromatic carbocycles. The highest BCUT2D eigenvalue weighted by molar-refractivity contribution is 5.98. The molecule has 0 heterocycles. The summed E-state index contributed by atoms with van der Waals surface area (Å²) >= 11 is 0. The summed E-state index contributed by atoms with van der Waals surface area (Å²) < 4.78 is 25.9. The number of nitrogens with zero attached hydrogens (tertiary/aromatic N) is 1. The number of nitrogens with one attached hydrogen (secondary N) is 1. The van der Waals surface area contributed by atoms with Gasteiger partial charge in [-0.3, -0.25) is 14.9 Å². The summed E-state index contributed by atoms with van der Waals surface area (Å²) in [6.45, 7) is 1.38. The number of carbonyl (C=O) groups is 2. The van der Waals surface area contributed by atoms with Crippen LogP contribution in [0.3, 0.4) is 0 Å². The molecule has 0 bridgehead atoms. The average molecular weight is 434 g/mol. The van der Waals surface area contributed by atoms with Gasteiger partial charge in [-0.2, -0.15) is 0 Å². The van der Waals surface area contributed by atoms with Gasteiger partial charge in [-0.05, 0) is 25.1 Å². The number of amides is 1. The third-order valence-corrected chi connectivity index (χ3v) is 4.21. The van der Waals surface area contributed by atoms with Gasteiger partial charge in [0.2, 0.25) is 5.75 Å². The number of non-ortho nitro benzene ring substituents is 1. The zero-order valence-electron chi connectivity index (χ0n) is 17.6. The first-order valence-electron chi connectivity index (χ1n) is 8.90. The Balaban J connectivity index is 2.16. The lowest BCUT2D eigenvalue weighted by molar-refractivity contribution is -0.384. The van der Waals surface area contributed by atoms with E-state index in [4.69, 9.17) is 23.7 Å². The van der Waals surface area contributed by atoms with Crippen LogP contribution in [0, 0.1) is 10.1 Å². The summed E-state index contributed by atoms with van der Waals surface area (Å²) in [5.74, 6) is -0.558. The van der Waals surface area contributed by atoms with E-state index < -0.39 is 22.9 Å². The number of nitro benzene ring substituents is 1. The number of ether oxygens (including phenoxy) is 5. The van der Waals surface area contributed by atoms with Crippen molar-refractivity contribution in [2.45, 2.75) is 13.0 Å². The second-order valence-corrected chi connectivity index (χ2v) is 6.09. The van der Waals surface area contributed by atoms with Gasteiger partial charge in [-0.1, -0.05) is 0 Å². The number of methoxy groups -OCH3 is 4. The topological polar surface area (TPSA) is 135 Å². The molecule has 2 rings (SSSR count). The van der Waals surface area contributed by atoms with Crippen molar-refractivity contribution < 1.29 is 38.2 Å². The quantitative estimate of drug-likeness (QED) is 0.359. The Morgan fingerprint density at radius 2 is 1.52 bits per heavy atom. The zero-order valence-corrected chi connectivity index (χ0v) is 17.6. The van der Waals surface area contributed by atoms with E-state index in [1.165, 1.54) is 65.7 Å². The summed E-state index contributed by atoms with van der Waals surface area (Å²) in [5.41, 5.74) is 0.0765. The molecule has 0 saturated heterocycles. The van der Waals surface area contributed by atoms with E-state index in [2.05, 4.69) is 5.32 Å². The number of esters is 1. The third kappa shape index (κ3) is 5.32. The van der Waals surface area contributed by atoms with Crippen LogP contribution in [0.5, 0.6) is 23.0 Å². The summed E-state index contributed by atoms with van der Waals surface area (Å²) in [6, 6.07) is 6.50. The van der Waals surface area contributed by atoms with E-state index in [1.807, 2.05) is 0 Å².